The van der Waals surface area contributed by atoms with Gasteiger partial charge in [-0.3, -0.25) is 4.79 Å². The van der Waals surface area contributed by atoms with Crippen LogP contribution in [0.15, 0.2) is 69.2 Å². The van der Waals surface area contributed by atoms with Crippen molar-refractivity contribution in [2.45, 2.75) is 13.3 Å². The summed E-state index contributed by atoms with van der Waals surface area (Å²) in [6.45, 7) is 1.85. The normalized spacial score (nSPS) is 10.9. The molecular weight excluding hydrogens is 396 g/mol. The van der Waals surface area contributed by atoms with Gasteiger partial charge in [-0.2, -0.15) is 0 Å². The molecule has 0 radical (unpaired) electrons. The highest BCUT2D eigenvalue weighted by Gasteiger charge is 2.15. The maximum Gasteiger partial charge on any atom is 0.344 e. The fraction of sp³-hybridized carbons (Fsp3) is 0.0909. The van der Waals surface area contributed by atoms with Gasteiger partial charge in [0.05, 0.1) is 12.0 Å². The second kappa shape index (κ2) is 7.62. The van der Waals surface area contributed by atoms with Gasteiger partial charge in [0.25, 0.3) is 0 Å². The van der Waals surface area contributed by atoms with Crippen molar-refractivity contribution in [2.24, 2.45) is 0 Å². The summed E-state index contributed by atoms with van der Waals surface area (Å²) in [5.74, 6) is 0.0721. The first-order valence-corrected chi connectivity index (χ1v) is 9.83. The minimum atomic E-state index is -0.422. The van der Waals surface area contributed by atoms with E-state index in [-0.39, 0.29) is 12.4 Å². The molecule has 0 atom stereocenters. The molecule has 4 nitrogen and oxygen atoms in total. The van der Waals surface area contributed by atoms with E-state index in [1.165, 1.54) is 11.3 Å². The smallest absolute Gasteiger partial charge is 0.344 e. The third-order valence-electron chi connectivity index (χ3n) is 4.40. The summed E-state index contributed by atoms with van der Waals surface area (Å²) in [7, 11) is 0. The Bertz CT molecular complexity index is 1210. The molecule has 4 rings (SSSR count). The van der Waals surface area contributed by atoms with Crippen LogP contribution < -0.4 is 10.4 Å². The zero-order chi connectivity index (χ0) is 19.7. The second-order valence-corrected chi connectivity index (χ2v) is 7.75. The fourth-order valence-electron chi connectivity index (χ4n) is 3.07. The molecule has 2 aromatic carbocycles. The Morgan fingerprint density at radius 2 is 1.93 bits per heavy atom. The predicted molar refractivity (Wildman–Crippen MR) is 111 cm³/mol. The Labute approximate surface area is 170 Å². The molecule has 0 fully saturated rings. The number of esters is 1. The number of carbonyl (C=O) groups excluding carboxylic acids is 1. The van der Waals surface area contributed by atoms with Crippen LogP contribution in [0.2, 0.25) is 5.02 Å². The molecule has 0 aliphatic rings. The van der Waals surface area contributed by atoms with Crippen molar-refractivity contribution in [1.82, 2.24) is 0 Å². The van der Waals surface area contributed by atoms with E-state index in [0.29, 0.717) is 27.3 Å². The van der Waals surface area contributed by atoms with Gasteiger partial charge >= 0.3 is 11.6 Å². The first-order valence-electron chi connectivity index (χ1n) is 8.58. The number of thiophene rings is 1. The Hall–Kier alpha value is -2.89. The summed E-state index contributed by atoms with van der Waals surface area (Å²) in [4.78, 5) is 25.6. The van der Waals surface area contributed by atoms with Gasteiger partial charge in [-0.15, -0.1) is 11.3 Å². The lowest BCUT2D eigenvalue weighted by Gasteiger charge is -2.10. The van der Waals surface area contributed by atoms with Crippen LogP contribution in [0.3, 0.4) is 0 Å². The van der Waals surface area contributed by atoms with E-state index in [2.05, 4.69) is 0 Å². The largest absolute Gasteiger partial charge is 0.426 e. The van der Waals surface area contributed by atoms with Crippen LogP contribution >= 0.6 is 22.9 Å². The number of halogens is 1. The topological polar surface area (TPSA) is 56.5 Å². The number of fused-ring (bicyclic) bond motifs is 1. The Morgan fingerprint density at radius 1 is 1.14 bits per heavy atom. The van der Waals surface area contributed by atoms with Gasteiger partial charge in [0.1, 0.15) is 11.3 Å². The highest BCUT2D eigenvalue weighted by Crippen LogP contribution is 2.30. The van der Waals surface area contributed by atoms with E-state index in [0.717, 1.165) is 16.0 Å². The lowest BCUT2D eigenvalue weighted by molar-refractivity contribution is -0.133. The molecule has 140 valence electrons. The quantitative estimate of drug-likeness (QED) is 0.248. The second-order valence-electron chi connectivity index (χ2n) is 6.28. The number of aryl methyl sites for hydroxylation is 1. The minimum absolute atomic E-state index is 0.217. The van der Waals surface area contributed by atoms with Gasteiger partial charge < -0.3 is 9.15 Å². The van der Waals surface area contributed by atoms with Gasteiger partial charge in [0, 0.05) is 15.3 Å². The van der Waals surface area contributed by atoms with Crippen LogP contribution in [0, 0.1) is 6.92 Å². The van der Waals surface area contributed by atoms with E-state index in [9.17, 15) is 9.59 Å². The van der Waals surface area contributed by atoms with Gasteiger partial charge in [-0.05, 0) is 59.8 Å². The van der Waals surface area contributed by atoms with E-state index in [1.807, 2.05) is 24.4 Å². The molecule has 0 saturated carbocycles. The van der Waals surface area contributed by atoms with Crippen LogP contribution in [0.1, 0.15) is 10.4 Å². The minimum Gasteiger partial charge on any atom is -0.426 e. The zero-order valence-electron chi connectivity index (χ0n) is 14.9. The molecule has 0 N–H and O–H groups in total. The maximum atomic E-state index is 12.5. The van der Waals surface area contributed by atoms with E-state index in [4.69, 9.17) is 20.8 Å². The molecule has 0 amide bonds. The monoisotopic (exact) mass is 410 g/mol. The number of hydrogen-bond donors (Lipinski definition) is 0. The Balaban J connectivity index is 1.71. The summed E-state index contributed by atoms with van der Waals surface area (Å²) in [5.41, 5.74) is 1.96. The van der Waals surface area contributed by atoms with Gasteiger partial charge in [-0.25, -0.2) is 4.79 Å². The number of benzene rings is 2. The first-order chi connectivity index (χ1) is 13.5. The molecule has 0 saturated heterocycles. The van der Waals surface area contributed by atoms with Crippen molar-refractivity contribution in [3.8, 4) is 16.9 Å². The van der Waals surface area contributed by atoms with Crippen molar-refractivity contribution in [3.63, 3.8) is 0 Å². The first kappa shape index (κ1) is 18.5. The molecule has 2 heterocycles. The summed E-state index contributed by atoms with van der Waals surface area (Å²) in [6.07, 6.45) is 0.217. The molecule has 0 aliphatic heterocycles. The molecule has 28 heavy (non-hydrogen) atoms. The standard InChI is InChI=1S/C22H15ClO4S/c1-13-18-11-16(26-20(24)12-17-3-2-10-28-17)8-9-19(18)27-22(25)21(13)14-4-6-15(23)7-5-14/h2-11H,12H2,1H3. The zero-order valence-corrected chi connectivity index (χ0v) is 16.5. The number of carbonyl (C=O) groups is 1. The van der Waals surface area contributed by atoms with Gasteiger partial charge in [0.2, 0.25) is 0 Å². The lowest BCUT2D eigenvalue weighted by Crippen LogP contribution is -2.10. The summed E-state index contributed by atoms with van der Waals surface area (Å²) in [5, 5.41) is 3.22. The molecule has 0 bridgehead atoms. The van der Waals surface area contributed by atoms with Gasteiger partial charge in [-0.1, -0.05) is 29.8 Å². The van der Waals surface area contributed by atoms with Gasteiger partial charge in [0.15, 0.2) is 0 Å². The molecule has 2 aromatic heterocycles. The van der Waals surface area contributed by atoms with Crippen LogP contribution in [-0.4, -0.2) is 5.97 Å². The van der Waals surface area contributed by atoms with Crippen molar-refractivity contribution < 1.29 is 13.9 Å². The maximum absolute atomic E-state index is 12.5. The van der Waals surface area contributed by atoms with Crippen molar-refractivity contribution in [3.05, 3.63) is 85.9 Å². The highest BCUT2D eigenvalue weighted by molar-refractivity contribution is 7.10. The summed E-state index contributed by atoms with van der Waals surface area (Å²) >= 11 is 7.45. The average molecular weight is 411 g/mol. The predicted octanol–water partition coefficient (Wildman–Crippen LogP) is 5.63. The average Bonchev–Trinajstić information content (AvgIpc) is 3.17. The third-order valence-corrected chi connectivity index (χ3v) is 5.53. The van der Waals surface area contributed by atoms with Crippen LogP contribution in [-0.2, 0) is 11.2 Å². The molecule has 0 unspecified atom stereocenters. The number of rotatable bonds is 4. The van der Waals surface area contributed by atoms with Crippen molar-refractivity contribution in [2.75, 3.05) is 0 Å². The molecule has 4 aromatic rings. The van der Waals surface area contributed by atoms with Crippen LogP contribution in [0.25, 0.3) is 22.1 Å². The molecule has 6 heteroatoms. The number of ether oxygens (including phenoxy) is 1. The van der Waals surface area contributed by atoms with Crippen LogP contribution in [0.4, 0.5) is 0 Å². The molecule has 0 aliphatic carbocycles. The third kappa shape index (κ3) is 3.72. The van der Waals surface area contributed by atoms with Crippen molar-refractivity contribution in [1.29, 1.82) is 0 Å². The number of hydrogen-bond acceptors (Lipinski definition) is 5. The van der Waals surface area contributed by atoms with E-state index < -0.39 is 5.63 Å². The van der Waals surface area contributed by atoms with Crippen molar-refractivity contribution >= 4 is 39.9 Å². The lowest BCUT2D eigenvalue weighted by atomic mass is 9.99. The Morgan fingerprint density at radius 3 is 2.64 bits per heavy atom. The summed E-state index contributed by atoms with van der Waals surface area (Å²) < 4.78 is 10.9. The Kier molecular flexibility index (Phi) is 5.03. The highest BCUT2D eigenvalue weighted by atomic mass is 35.5. The fourth-order valence-corrected chi connectivity index (χ4v) is 3.88. The molecular formula is C22H15ClO4S. The van der Waals surface area contributed by atoms with E-state index in [1.54, 1.807) is 42.5 Å². The van der Waals surface area contributed by atoms with E-state index >= 15 is 0 Å². The molecule has 0 spiro atoms. The van der Waals surface area contributed by atoms with Crippen LogP contribution in [0.5, 0.6) is 5.75 Å². The SMILES string of the molecule is Cc1c(-c2ccc(Cl)cc2)c(=O)oc2ccc(OC(=O)Cc3cccs3)cc12. The summed E-state index contributed by atoms with van der Waals surface area (Å²) in [6, 6.07) is 15.8.